The Morgan fingerprint density at radius 3 is 2.17 bits per heavy atom. The summed E-state index contributed by atoms with van der Waals surface area (Å²) < 4.78 is 82.3. The first-order chi connectivity index (χ1) is 18.3. The zero-order chi connectivity index (χ0) is 30.0. The highest BCUT2D eigenvalue weighted by atomic mass is 32.1. The molecule has 1 saturated heterocycles. The van der Waals surface area contributed by atoms with Gasteiger partial charge in [-0.1, -0.05) is 18.2 Å². The van der Waals surface area contributed by atoms with Gasteiger partial charge in [0, 0.05) is 25.2 Å². The van der Waals surface area contributed by atoms with E-state index < -0.39 is 35.0 Å². The van der Waals surface area contributed by atoms with E-state index in [-0.39, 0.29) is 44.4 Å². The standard InChI is InChI=1S/C25H27F6N5O3S/c1-12-11-14(23(39,24(26,27)28)25(29,30)31)8-9-15(12)17-16(20(37)36-10-6-7-13(36)2)32-19(40-17)18-33-34-21(35(18)5)22(3,4)38/h8-9,11,13,38-39H,6-7,10H2,1-5H3/t13-/m0/s1. The minimum atomic E-state index is -6.03. The van der Waals surface area contributed by atoms with Crippen molar-refractivity contribution in [1.29, 1.82) is 0 Å². The largest absolute Gasteiger partial charge is 0.430 e. The van der Waals surface area contributed by atoms with Crippen LogP contribution in [-0.2, 0) is 18.2 Å². The number of halogens is 6. The van der Waals surface area contributed by atoms with E-state index in [0.717, 1.165) is 30.2 Å². The van der Waals surface area contributed by atoms with Crippen LogP contribution in [-0.4, -0.2) is 65.7 Å². The number of alkyl halides is 6. The molecule has 218 valence electrons. The molecule has 3 heterocycles. The van der Waals surface area contributed by atoms with E-state index in [1.54, 1.807) is 11.9 Å². The number of hydrogen-bond acceptors (Lipinski definition) is 7. The van der Waals surface area contributed by atoms with Gasteiger partial charge in [0.25, 0.3) is 11.5 Å². The molecule has 40 heavy (non-hydrogen) atoms. The van der Waals surface area contributed by atoms with Crippen molar-refractivity contribution in [2.45, 2.75) is 70.1 Å². The predicted molar refractivity (Wildman–Crippen MR) is 133 cm³/mol. The lowest BCUT2D eigenvalue weighted by atomic mass is 9.89. The van der Waals surface area contributed by atoms with E-state index in [0.29, 0.717) is 18.7 Å². The fraction of sp³-hybridized carbons (Fsp3) is 0.520. The molecule has 0 radical (unpaired) electrons. The van der Waals surface area contributed by atoms with E-state index in [1.165, 1.54) is 25.3 Å². The second-order valence-corrected chi connectivity index (χ2v) is 11.4. The number of carbonyl (C=O) groups is 1. The minimum Gasteiger partial charge on any atom is -0.382 e. The Labute approximate surface area is 229 Å². The Kier molecular flexibility index (Phi) is 7.33. The summed E-state index contributed by atoms with van der Waals surface area (Å²) in [6, 6.07) is 2.06. The molecule has 0 aliphatic carbocycles. The molecule has 1 amide bonds. The number of likely N-dealkylation sites (tertiary alicyclic amines) is 1. The highest BCUT2D eigenvalue weighted by molar-refractivity contribution is 7.18. The molecule has 15 heteroatoms. The van der Waals surface area contributed by atoms with Gasteiger partial charge in [-0.05, 0) is 51.7 Å². The van der Waals surface area contributed by atoms with Crippen LogP contribution < -0.4 is 0 Å². The van der Waals surface area contributed by atoms with Crippen molar-refractivity contribution in [3.05, 3.63) is 40.8 Å². The predicted octanol–water partition coefficient (Wildman–Crippen LogP) is 5.08. The summed E-state index contributed by atoms with van der Waals surface area (Å²) in [4.78, 5) is 19.9. The lowest BCUT2D eigenvalue weighted by molar-refractivity contribution is -0.376. The van der Waals surface area contributed by atoms with Gasteiger partial charge in [-0.25, -0.2) is 4.98 Å². The fourth-order valence-corrected chi connectivity index (χ4v) is 5.96. The number of benzene rings is 1. The quantitative estimate of drug-likeness (QED) is 0.402. The monoisotopic (exact) mass is 591 g/mol. The van der Waals surface area contributed by atoms with Crippen molar-refractivity contribution in [1.82, 2.24) is 24.6 Å². The molecule has 1 aliphatic heterocycles. The van der Waals surface area contributed by atoms with Crippen LogP contribution >= 0.6 is 11.3 Å². The van der Waals surface area contributed by atoms with Gasteiger partial charge in [-0.15, -0.1) is 21.5 Å². The maximum Gasteiger partial charge on any atom is 0.430 e. The zero-order valence-corrected chi connectivity index (χ0v) is 23.0. The number of hydrogen-bond donors (Lipinski definition) is 2. The van der Waals surface area contributed by atoms with E-state index >= 15 is 0 Å². The van der Waals surface area contributed by atoms with Crippen molar-refractivity contribution < 1.29 is 41.4 Å². The van der Waals surface area contributed by atoms with Crippen LogP contribution in [0.15, 0.2) is 18.2 Å². The molecular formula is C25H27F6N5O3S. The summed E-state index contributed by atoms with van der Waals surface area (Å²) in [5.74, 6) is -0.0351. The molecular weight excluding hydrogens is 564 g/mol. The van der Waals surface area contributed by atoms with Crippen LogP contribution in [0.25, 0.3) is 21.3 Å². The Morgan fingerprint density at radius 2 is 1.70 bits per heavy atom. The number of carbonyl (C=O) groups excluding carboxylic acids is 1. The number of aryl methyl sites for hydroxylation is 1. The molecule has 1 fully saturated rings. The lowest BCUT2D eigenvalue weighted by Gasteiger charge is -2.33. The third kappa shape index (κ3) is 4.87. The normalized spacial score (nSPS) is 17.1. The molecule has 2 N–H and O–H groups in total. The van der Waals surface area contributed by atoms with Gasteiger partial charge in [0.15, 0.2) is 16.7 Å². The topological polar surface area (TPSA) is 104 Å². The van der Waals surface area contributed by atoms with Crippen LogP contribution in [0, 0.1) is 6.92 Å². The molecule has 4 rings (SSSR count). The zero-order valence-electron chi connectivity index (χ0n) is 22.1. The van der Waals surface area contributed by atoms with E-state index in [9.17, 15) is 41.4 Å². The number of aliphatic hydroxyl groups is 2. The fourth-order valence-electron chi connectivity index (χ4n) is 4.79. The van der Waals surface area contributed by atoms with Crippen LogP contribution in [0.5, 0.6) is 0 Å². The summed E-state index contributed by atoms with van der Waals surface area (Å²) in [5, 5.41) is 28.5. The van der Waals surface area contributed by atoms with E-state index in [1.807, 2.05) is 6.92 Å². The van der Waals surface area contributed by atoms with Crippen molar-refractivity contribution in [2.24, 2.45) is 7.05 Å². The maximum atomic E-state index is 13.6. The van der Waals surface area contributed by atoms with Crippen molar-refractivity contribution in [3.8, 4) is 21.3 Å². The molecule has 8 nitrogen and oxygen atoms in total. The number of rotatable bonds is 5. The third-order valence-corrected chi connectivity index (χ3v) is 8.05. The SMILES string of the molecule is Cc1cc(C(O)(C(F)(F)F)C(F)(F)F)ccc1-c1sc(-c2nnc(C(C)(C)O)n2C)nc1C(=O)N1CCC[C@@H]1C. The molecule has 3 aromatic rings. The average Bonchev–Trinajstić information content (AvgIpc) is 3.54. The lowest BCUT2D eigenvalue weighted by Crippen LogP contribution is -2.53. The minimum absolute atomic E-state index is 0.0423. The first kappa shape index (κ1) is 29.9. The van der Waals surface area contributed by atoms with Gasteiger partial charge in [0.1, 0.15) is 11.3 Å². The summed E-state index contributed by atoms with van der Waals surface area (Å²) in [7, 11) is 1.59. The third-order valence-electron chi connectivity index (χ3n) is 6.97. The Bertz CT molecular complexity index is 1430. The van der Waals surface area contributed by atoms with Gasteiger partial charge < -0.3 is 19.7 Å². The van der Waals surface area contributed by atoms with Crippen LogP contribution in [0.1, 0.15) is 61.1 Å². The Morgan fingerprint density at radius 1 is 1.07 bits per heavy atom. The molecule has 0 spiro atoms. The van der Waals surface area contributed by atoms with Crippen LogP contribution in [0.4, 0.5) is 26.3 Å². The molecule has 2 aromatic heterocycles. The number of aromatic nitrogens is 4. The smallest absolute Gasteiger partial charge is 0.382 e. The molecule has 1 aliphatic rings. The highest BCUT2D eigenvalue weighted by Crippen LogP contribution is 2.51. The van der Waals surface area contributed by atoms with E-state index in [2.05, 4.69) is 15.2 Å². The van der Waals surface area contributed by atoms with Gasteiger partial charge in [0.05, 0.1) is 4.88 Å². The van der Waals surface area contributed by atoms with Gasteiger partial charge in [-0.3, -0.25) is 4.79 Å². The summed E-state index contributed by atoms with van der Waals surface area (Å²) >= 11 is 0.960. The second-order valence-electron chi connectivity index (χ2n) is 10.4. The first-order valence-corrected chi connectivity index (χ1v) is 13.0. The molecule has 0 saturated carbocycles. The summed E-state index contributed by atoms with van der Waals surface area (Å²) in [5.41, 5.74) is -7.76. The van der Waals surface area contributed by atoms with Crippen LogP contribution in [0.3, 0.4) is 0 Å². The summed E-state index contributed by atoms with van der Waals surface area (Å²) in [6.07, 6.45) is -10.5. The van der Waals surface area contributed by atoms with Gasteiger partial charge in [-0.2, -0.15) is 26.3 Å². The first-order valence-electron chi connectivity index (χ1n) is 12.2. The molecule has 0 bridgehead atoms. The Hall–Kier alpha value is -3.04. The van der Waals surface area contributed by atoms with Crippen molar-refractivity contribution in [3.63, 3.8) is 0 Å². The molecule has 1 atom stereocenters. The van der Waals surface area contributed by atoms with Crippen LogP contribution in [0.2, 0.25) is 0 Å². The second kappa shape index (κ2) is 9.80. The number of nitrogens with zero attached hydrogens (tertiary/aromatic N) is 5. The summed E-state index contributed by atoms with van der Waals surface area (Å²) in [6.45, 7) is 6.62. The number of amides is 1. The van der Waals surface area contributed by atoms with Gasteiger partial charge in [0.2, 0.25) is 0 Å². The Balaban J connectivity index is 1.89. The van der Waals surface area contributed by atoms with Crippen molar-refractivity contribution >= 4 is 17.2 Å². The van der Waals surface area contributed by atoms with Crippen molar-refractivity contribution in [2.75, 3.05) is 6.54 Å². The molecule has 0 unspecified atom stereocenters. The van der Waals surface area contributed by atoms with Gasteiger partial charge >= 0.3 is 12.4 Å². The molecule has 1 aromatic carbocycles. The van der Waals surface area contributed by atoms with E-state index in [4.69, 9.17) is 0 Å². The number of thiazole rings is 1. The highest BCUT2D eigenvalue weighted by Gasteiger charge is 2.71. The maximum absolute atomic E-state index is 13.6. The average molecular weight is 592 g/mol.